The van der Waals surface area contributed by atoms with E-state index >= 15 is 0 Å². The minimum atomic E-state index is -1.10. The van der Waals surface area contributed by atoms with Crippen molar-refractivity contribution in [3.63, 3.8) is 0 Å². The smallest absolute Gasteiger partial charge is 0.408 e. The molecule has 1 aliphatic rings. The van der Waals surface area contributed by atoms with Gasteiger partial charge < -0.3 is 20.1 Å². The van der Waals surface area contributed by atoms with Crippen molar-refractivity contribution in [3.8, 4) is 0 Å². The fourth-order valence-corrected chi connectivity index (χ4v) is 6.56. The summed E-state index contributed by atoms with van der Waals surface area (Å²) in [6, 6.07) is 25.8. The molecule has 2 amide bonds. The first-order valence-electron chi connectivity index (χ1n) is 15.9. The maximum atomic E-state index is 13.6. The number of ether oxygens (including phenoxy) is 1. The van der Waals surface area contributed by atoms with E-state index in [0.717, 1.165) is 29.7 Å². The Morgan fingerprint density at radius 3 is 2.11 bits per heavy atom. The zero-order valence-electron chi connectivity index (χ0n) is 26.7. The molecule has 0 bridgehead atoms. The zero-order valence-corrected chi connectivity index (χ0v) is 27.5. The summed E-state index contributed by atoms with van der Waals surface area (Å²) < 4.78 is 5.20. The van der Waals surface area contributed by atoms with Gasteiger partial charge in [-0.15, -0.1) is 0 Å². The highest BCUT2D eigenvalue weighted by molar-refractivity contribution is 7.98. The fraction of sp³-hybridized carbons (Fsp3) is 0.432. The molecule has 3 aromatic rings. The van der Waals surface area contributed by atoms with Gasteiger partial charge in [0.2, 0.25) is 5.91 Å². The summed E-state index contributed by atoms with van der Waals surface area (Å²) in [6.07, 6.45) is 6.59. The SMILES string of the molecule is CC(C)(C)OC(=O)NC(CSCc1ccc(CN(C(=O)CCC2CCCC2)c2ccc(Cc3ccccc3)cc2)cc1)C(=O)O. The number of anilines is 1. The van der Waals surface area contributed by atoms with Gasteiger partial charge in [0, 0.05) is 23.6 Å². The van der Waals surface area contributed by atoms with Crippen LogP contribution in [0.5, 0.6) is 0 Å². The number of alkyl carbamates (subject to hydrolysis) is 1. The topological polar surface area (TPSA) is 95.9 Å². The van der Waals surface area contributed by atoms with Crippen molar-refractivity contribution in [1.82, 2.24) is 5.32 Å². The number of carbonyl (C=O) groups is 3. The average Bonchev–Trinajstić information content (AvgIpc) is 3.53. The van der Waals surface area contributed by atoms with Crippen molar-refractivity contribution in [1.29, 1.82) is 0 Å². The number of hydrogen-bond acceptors (Lipinski definition) is 5. The third kappa shape index (κ3) is 11.6. The Balaban J connectivity index is 1.37. The Bertz CT molecular complexity index is 1380. The monoisotopic (exact) mass is 630 g/mol. The van der Waals surface area contributed by atoms with Crippen molar-refractivity contribution < 1.29 is 24.2 Å². The minimum Gasteiger partial charge on any atom is -0.480 e. The van der Waals surface area contributed by atoms with Crippen LogP contribution in [-0.4, -0.2) is 40.5 Å². The Hall–Kier alpha value is -3.78. The second kappa shape index (κ2) is 16.5. The van der Waals surface area contributed by atoms with E-state index in [2.05, 4.69) is 53.8 Å². The van der Waals surface area contributed by atoms with Gasteiger partial charge in [0.05, 0.1) is 6.54 Å². The molecular weight excluding hydrogens is 584 g/mol. The molecule has 1 atom stereocenters. The number of carboxylic acid groups (broad SMARTS) is 1. The van der Waals surface area contributed by atoms with Crippen molar-refractivity contribution in [2.75, 3.05) is 10.7 Å². The lowest BCUT2D eigenvalue weighted by Gasteiger charge is -2.24. The fourth-order valence-electron chi connectivity index (χ4n) is 5.55. The molecule has 0 spiro atoms. The molecule has 1 unspecified atom stereocenters. The summed E-state index contributed by atoms with van der Waals surface area (Å²) in [5, 5.41) is 12.0. The van der Waals surface area contributed by atoms with Crippen LogP contribution >= 0.6 is 11.8 Å². The van der Waals surface area contributed by atoms with Crippen molar-refractivity contribution in [2.24, 2.45) is 5.92 Å². The van der Waals surface area contributed by atoms with Crippen LogP contribution in [0.3, 0.4) is 0 Å². The molecule has 4 rings (SSSR count). The Morgan fingerprint density at radius 1 is 0.889 bits per heavy atom. The lowest BCUT2D eigenvalue weighted by Crippen LogP contribution is -2.44. The number of hydrogen-bond donors (Lipinski definition) is 2. The summed E-state index contributed by atoms with van der Waals surface area (Å²) in [4.78, 5) is 39.2. The first-order chi connectivity index (χ1) is 21.6. The quantitative estimate of drug-likeness (QED) is 0.187. The number of benzene rings is 3. The highest BCUT2D eigenvalue weighted by Crippen LogP contribution is 2.30. The molecular formula is C37H46N2O5S. The van der Waals surface area contributed by atoms with E-state index in [1.54, 1.807) is 20.8 Å². The van der Waals surface area contributed by atoms with Gasteiger partial charge in [-0.25, -0.2) is 9.59 Å². The van der Waals surface area contributed by atoms with Gasteiger partial charge >= 0.3 is 12.1 Å². The molecule has 3 aromatic carbocycles. The first kappa shape index (κ1) is 34.1. The molecule has 0 aromatic heterocycles. The van der Waals surface area contributed by atoms with Crippen LogP contribution in [0.25, 0.3) is 0 Å². The molecule has 0 aliphatic heterocycles. The van der Waals surface area contributed by atoms with E-state index in [-0.39, 0.29) is 11.7 Å². The molecule has 1 fully saturated rings. The lowest BCUT2D eigenvalue weighted by molar-refractivity contribution is -0.138. The highest BCUT2D eigenvalue weighted by atomic mass is 32.2. The van der Waals surface area contributed by atoms with Crippen molar-refractivity contribution in [3.05, 3.63) is 101 Å². The van der Waals surface area contributed by atoms with Crippen LogP contribution < -0.4 is 10.2 Å². The lowest BCUT2D eigenvalue weighted by atomic mass is 10.0. The molecule has 240 valence electrons. The van der Waals surface area contributed by atoms with E-state index in [4.69, 9.17) is 4.74 Å². The molecule has 1 aliphatic carbocycles. The zero-order chi connectivity index (χ0) is 32.2. The minimum absolute atomic E-state index is 0.148. The van der Waals surface area contributed by atoms with E-state index in [9.17, 15) is 19.5 Å². The summed E-state index contributed by atoms with van der Waals surface area (Å²) in [6.45, 7) is 5.68. The number of rotatable bonds is 14. The van der Waals surface area contributed by atoms with E-state index in [1.165, 1.54) is 48.6 Å². The number of carboxylic acids is 1. The number of nitrogens with one attached hydrogen (secondary N) is 1. The van der Waals surface area contributed by atoms with Crippen LogP contribution in [0.2, 0.25) is 0 Å². The molecule has 45 heavy (non-hydrogen) atoms. The van der Waals surface area contributed by atoms with Gasteiger partial charge in [-0.05, 0) is 73.9 Å². The Kier molecular flexibility index (Phi) is 12.5. The van der Waals surface area contributed by atoms with E-state index in [1.807, 2.05) is 35.2 Å². The van der Waals surface area contributed by atoms with E-state index < -0.39 is 23.7 Å². The van der Waals surface area contributed by atoms with Crippen LogP contribution in [0, 0.1) is 5.92 Å². The number of thioether (sulfide) groups is 1. The van der Waals surface area contributed by atoms with Gasteiger partial charge in [-0.2, -0.15) is 11.8 Å². The summed E-state index contributed by atoms with van der Waals surface area (Å²) in [5.74, 6) is 0.497. The van der Waals surface area contributed by atoms with Crippen molar-refractivity contribution >= 4 is 35.4 Å². The van der Waals surface area contributed by atoms with Crippen molar-refractivity contribution in [2.45, 2.75) is 89.7 Å². The molecule has 2 N–H and O–H groups in total. The van der Waals surface area contributed by atoms with Gasteiger partial charge in [-0.3, -0.25) is 4.79 Å². The third-order valence-corrected chi connectivity index (χ3v) is 9.05. The molecule has 0 saturated heterocycles. The van der Waals surface area contributed by atoms with Crippen LogP contribution in [0.1, 0.15) is 81.5 Å². The second-order valence-corrected chi connectivity index (χ2v) is 13.9. The molecule has 0 heterocycles. The molecule has 7 nitrogen and oxygen atoms in total. The predicted molar refractivity (Wildman–Crippen MR) is 181 cm³/mol. The Labute approximate surface area is 271 Å². The third-order valence-electron chi connectivity index (χ3n) is 7.95. The largest absolute Gasteiger partial charge is 0.480 e. The maximum Gasteiger partial charge on any atom is 0.408 e. The van der Waals surface area contributed by atoms with Crippen LogP contribution in [0.4, 0.5) is 10.5 Å². The highest BCUT2D eigenvalue weighted by Gasteiger charge is 2.24. The standard InChI is InChI=1S/C37H46N2O5S/c1-37(2,3)44-36(43)38-33(35(41)42)26-45-25-31-15-13-30(14-16-31)24-39(34(40)22-19-27-9-7-8-10-27)32-20-17-29(18-21-32)23-28-11-5-4-6-12-28/h4-6,11-18,20-21,27,33H,7-10,19,22-26H2,1-3H3,(H,38,43)(H,41,42). The van der Waals surface area contributed by atoms with Crippen LogP contribution in [-0.2, 0) is 33.0 Å². The average molecular weight is 631 g/mol. The van der Waals surface area contributed by atoms with Gasteiger partial charge in [0.15, 0.2) is 0 Å². The maximum absolute atomic E-state index is 13.6. The normalized spacial score (nSPS) is 14.1. The summed E-state index contributed by atoms with van der Waals surface area (Å²) in [7, 11) is 0. The number of aliphatic carboxylic acids is 1. The number of carbonyl (C=O) groups excluding carboxylic acids is 2. The predicted octanol–water partition coefficient (Wildman–Crippen LogP) is 7.99. The second-order valence-electron chi connectivity index (χ2n) is 12.9. The van der Waals surface area contributed by atoms with Crippen LogP contribution in [0.15, 0.2) is 78.9 Å². The molecule has 8 heteroatoms. The summed E-state index contributed by atoms with van der Waals surface area (Å²) in [5.41, 5.74) is 4.72. The Morgan fingerprint density at radius 2 is 1.49 bits per heavy atom. The number of amides is 2. The van der Waals surface area contributed by atoms with Gasteiger partial charge in [0.1, 0.15) is 11.6 Å². The first-order valence-corrected chi connectivity index (χ1v) is 17.0. The number of nitrogens with zero attached hydrogens (tertiary/aromatic N) is 1. The molecule has 0 radical (unpaired) electrons. The van der Waals surface area contributed by atoms with Gasteiger partial charge in [-0.1, -0.05) is 92.4 Å². The summed E-state index contributed by atoms with van der Waals surface area (Å²) >= 11 is 1.43. The van der Waals surface area contributed by atoms with Gasteiger partial charge in [0.25, 0.3) is 0 Å². The molecule has 1 saturated carbocycles. The van der Waals surface area contributed by atoms with E-state index in [0.29, 0.717) is 24.6 Å².